The molecule has 4 nitrogen and oxygen atoms in total. The molecule has 1 fully saturated rings. The van der Waals surface area contributed by atoms with Crippen molar-refractivity contribution in [2.45, 2.75) is 6.18 Å². The fourth-order valence-electron chi connectivity index (χ4n) is 2.19. The molecule has 0 spiro atoms. The third-order valence-corrected chi connectivity index (χ3v) is 4.58. The summed E-state index contributed by atoms with van der Waals surface area (Å²) in [5.41, 5.74) is -1.31. The van der Waals surface area contributed by atoms with Crippen LogP contribution in [0.1, 0.15) is 11.3 Å². The Morgan fingerprint density at radius 2 is 1.96 bits per heavy atom. The number of benzene rings is 1. The highest BCUT2D eigenvalue weighted by molar-refractivity contribution is 8.18. The van der Waals surface area contributed by atoms with Crippen LogP contribution in [0.5, 0.6) is 0 Å². The second-order valence-electron chi connectivity index (χ2n) is 5.08. The van der Waals surface area contributed by atoms with Gasteiger partial charge in [0.2, 0.25) is 0 Å². The molecule has 2 aromatic rings. The van der Waals surface area contributed by atoms with Crippen LogP contribution in [0.25, 0.3) is 6.08 Å². The Bertz CT molecular complexity index is 920. The van der Waals surface area contributed by atoms with E-state index < -0.39 is 27.9 Å². The molecule has 2 heterocycles. The predicted octanol–water partition coefficient (Wildman–Crippen LogP) is 5.75. The fourth-order valence-corrected chi connectivity index (χ4v) is 3.21. The molecule has 3 rings (SSSR count). The van der Waals surface area contributed by atoms with Crippen molar-refractivity contribution < 1.29 is 27.2 Å². The van der Waals surface area contributed by atoms with Gasteiger partial charge in [-0.2, -0.15) is 13.2 Å². The first-order valence-electron chi connectivity index (χ1n) is 7.12. The molecule has 0 N–H and O–H groups in total. The average molecular weight is 400 g/mol. The number of nitrogens with zero attached hydrogens (tertiary/aromatic N) is 1. The van der Waals surface area contributed by atoms with Crippen LogP contribution in [-0.4, -0.2) is 11.1 Å². The zero-order chi connectivity index (χ0) is 18.9. The Morgan fingerprint density at radius 1 is 1.19 bits per heavy atom. The summed E-state index contributed by atoms with van der Waals surface area (Å²) < 4.78 is 44.0. The standard InChI is InChI=1S/C17H9ClF3NO3S/c18-13-7-6-10(9-12(13)17(19,20)21)22-15(23)14(26-16(22)24)5-1-3-11-4-2-8-25-11/h1-9H/b3-1+,14-5+. The number of hydrogen-bond donors (Lipinski definition) is 0. The van der Waals surface area contributed by atoms with Crippen LogP contribution < -0.4 is 4.90 Å². The number of imide groups is 1. The van der Waals surface area contributed by atoms with Gasteiger partial charge in [0, 0.05) is 0 Å². The molecule has 1 saturated heterocycles. The molecular formula is C17H9ClF3NO3S. The minimum absolute atomic E-state index is 0.0846. The SMILES string of the molecule is O=C1S/C(=C/C=C/c2ccco2)C(=O)N1c1ccc(Cl)c(C(F)(F)F)c1. The quantitative estimate of drug-likeness (QED) is 0.617. The lowest BCUT2D eigenvalue weighted by Crippen LogP contribution is -2.28. The van der Waals surface area contributed by atoms with Crippen LogP contribution in [0.3, 0.4) is 0 Å². The number of alkyl halides is 3. The summed E-state index contributed by atoms with van der Waals surface area (Å²) in [6.07, 6.45) is 1.27. The Balaban J connectivity index is 1.88. The number of amides is 2. The molecule has 26 heavy (non-hydrogen) atoms. The summed E-state index contributed by atoms with van der Waals surface area (Å²) >= 11 is 6.20. The van der Waals surface area contributed by atoms with Crippen LogP contribution in [-0.2, 0) is 11.0 Å². The summed E-state index contributed by atoms with van der Waals surface area (Å²) in [6.45, 7) is 0. The highest BCUT2D eigenvalue weighted by Gasteiger charge is 2.39. The largest absolute Gasteiger partial charge is 0.465 e. The van der Waals surface area contributed by atoms with Gasteiger partial charge in [0.25, 0.3) is 11.1 Å². The van der Waals surface area contributed by atoms with Gasteiger partial charge < -0.3 is 4.42 Å². The van der Waals surface area contributed by atoms with Crippen molar-refractivity contribution >= 4 is 46.3 Å². The summed E-state index contributed by atoms with van der Waals surface area (Å²) in [7, 11) is 0. The molecular weight excluding hydrogens is 391 g/mol. The third-order valence-electron chi connectivity index (χ3n) is 3.36. The summed E-state index contributed by atoms with van der Waals surface area (Å²) in [5.74, 6) is -0.160. The van der Waals surface area contributed by atoms with Crippen LogP contribution in [0.4, 0.5) is 23.7 Å². The van der Waals surface area contributed by atoms with E-state index in [1.807, 2.05) is 0 Å². The fraction of sp³-hybridized carbons (Fsp3) is 0.0588. The van der Waals surface area contributed by atoms with Gasteiger partial charge in [-0.1, -0.05) is 17.7 Å². The maximum atomic E-state index is 13.0. The molecule has 1 aromatic heterocycles. The maximum Gasteiger partial charge on any atom is 0.417 e. The highest BCUT2D eigenvalue weighted by Crippen LogP contribution is 2.40. The van der Waals surface area contributed by atoms with Gasteiger partial charge in [-0.05, 0) is 54.2 Å². The number of rotatable bonds is 3. The first kappa shape index (κ1) is 18.3. The van der Waals surface area contributed by atoms with Crippen molar-refractivity contribution in [2.75, 3.05) is 4.90 Å². The van der Waals surface area contributed by atoms with Crippen molar-refractivity contribution in [1.29, 1.82) is 0 Å². The topological polar surface area (TPSA) is 50.5 Å². The minimum Gasteiger partial charge on any atom is -0.465 e. The maximum absolute atomic E-state index is 13.0. The molecule has 0 aliphatic carbocycles. The van der Waals surface area contributed by atoms with Gasteiger partial charge in [0.15, 0.2) is 0 Å². The Kier molecular flexibility index (Phi) is 4.97. The first-order chi connectivity index (χ1) is 12.3. The number of hydrogen-bond acceptors (Lipinski definition) is 4. The third kappa shape index (κ3) is 3.71. The van der Waals surface area contributed by atoms with E-state index in [2.05, 4.69) is 0 Å². The lowest BCUT2D eigenvalue weighted by atomic mass is 10.1. The molecule has 1 aliphatic heterocycles. The van der Waals surface area contributed by atoms with Gasteiger partial charge in [-0.15, -0.1) is 0 Å². The molecule has 1 aliphatic rings. The van der Waals surface area contributed by atoms with Crippen LogP contribution in [0, 0.1) is 0 Å². The van der Waals surface area contributed by atoms with Gasteiger partial charge in [-0.3, -0.25) is 9.59 Å². The van der Waals surface area contributed by atoms with E-state index in [1.54, 1.807) is 18.2 Å². The van der Waals surface area contributed by atoms with E-state index in [0.717, 1.165) is 6.07 Å². The lowest BCUT2D eigenvalue weighted by molar-refractivity contribution is -0.137. The number of allylic oxidation sites excluding steroid dienone is 2. The number of halogens is 4. The van der Waals surface area contributed by atoms with Gasteiger partial charge >= 0.3 is 6.18 Å². The normalized spacial score (nSPS) is 17.1. The van der Waals surface area contributed by atoms with E-state index in [1.165, 1.54) is 24.5 Å². The number of carbonyl (C=O) groups is 2. The number of furan rings is 1. The Hall–Kier alpha value is -2.45. The molecule has 2 amide bonds. The summed E-state index contributed by atoms with van der Waals surface area (Å²) in [6, 6.07) is 6.26. The number of thioether (sulfide) groups is 1. The highest BCUT2D eigenvalue weighted by atomic mass is 35.5. The van der Waals surface area contributed by atoms with E-state index >= 15 is 0 Å². The molecule has 134 valence electrons. The predicted molar refractivity (Wildman–Crippen MR) is 92.8 cm³/mol. The van der Waals surface area contributed by atoms with Gasteiger partial charge in [-0.25, -0.2) is 4.90 Å². The second kappa shape index (κ2) is 7.05. The Labute approximate surface area is 154 Å². The van der Waals surface area contributed by atoms with Crippen molar-refractivity contribution in [2.24, 2.45) is 0 Å². The molecule has 0 unspecified atom stereocenters. The molecule has 0 saturated carbocycles. The molecule has 0 radical (unpaired) electrons. The zero-order valence-corrected chi connectivity index (χ0v) is 14.4. The number of anilines is 1. The van der Waals surface area contributed by atoms with Gasteiger partial charge in [0.05, 0.1) is 27.4 Å². The van der Waals surface area contributed by atoms with Crippen molar-refractivity contribution in [3.05, 3.63) is 70.0 Å². The van der Waals surface area contributed by atoms with Crippen molar-refractivity contribution in [1.82, 2.24) is 0 Å². The van der Waals surface area contributed by atoms with E-state index in [-0.39, 0.29) is 10.6 Å². The molecule has 0 bridgehead atoms. The van der Waals surface area contributed by atoms with Crippen LogP contribution in [0.2, 0.25) is 5.02 Å². The Morgan fingerprint density at radius 3 is 2.62 bits per heavy atom. The van der Waals surface area contributed by atoms with Gasteiger partial charge in [0.1, 0.15) is 5.76 Å². The van der Waals surface area contributed by atoms with Crippen LogP contribution in [0.15, 0.2) is 58.1 Å². The first-order valence-corrected chi connectivity index (χ1v) is 8.31. The minimum atomic E-state index is -4.70. The number of carbonyl (C=O) groups excluding carboxylic acids is 2. The molecule has 9 heteroatoms. The molecule has 0 atom stereocenters. The second-order valence-corrected chi connectivity index (χ2v) is 6.48. The summed E-state index contributed by atoms with van der Waals surface area (Å²) in [5, 5.41) is -1.20. The van der Waals surface area contributed by atoms with Crippen molar-refractivity contribution in [3.63, 3.8) is 0 Å². The lowest BCUT2D eigenvalue weighted by Gasteiger charge is -2.16. The van der Waals surface area contributed by atoms with E-state index in [4.69, 9.17) is 16.0 Å². The van der Waals surface area contributed by atoms with E-state index in [0.29, 0.717) is 28.5 Å². The molecule has 1 aromatic carbocycles. The van der Waals surface area contributed by atoms with Crippen molar-refractivity contribution in [3.8, 4) is 0 Å². The smallest absolute Gasteiger partial charge is 0.417 e. The van der Waals surface area contributed by atoms with E-state index in [9.17, 15) is 22.8 Å². The summed E-state index contributed by atoms with van der Waals surface area (Å²) in [4.78, 5) is 25.3. The van der Waals surface area contributed by atoms with Crippen LogP contribution >= 0.6 is 23.4 Å². The zero-order valence-electron chi connectivity index (χ0n) is 12.8. The average Bonchev–Trinajstić information content (AvgIpc) is 3.16. The monoisotopic (exact) mass is 399 g/mol.